The third kappa shape index (κ3) is 4.95. The molecule has 11 heteroatoms. The molecule has 39 heavy (non-hydrogen) atoms. The van der Waals surface area contributed by atoms with E-state index in [0.717, 1.165) is 17.7 Å². The minimum Gasteiger partial charge on any atom is -0.386 e. The SMILES string of the molecule is Cc1ccnc([C@H](O)C2(O)C3CC[C@H]2CC(S(=O)(=O)c2cc(C(=O)Nc4ccc(F)c(F)c4)ccc2Cl)C3)c1. The van der Waals surface area contributed by atoms with Crippen LogP contribution in [0, 0.1) is 30.4 Å². The van der Waals surface area contributed by atoms with Gasteiger partial charge in [0, 0.05) is 23.5 Å². The molecule has 0 saturated heterocycles. The molecule has 1 aromatic heterocycles. The van der Waals surface area contributed by atoms with E-state index in [4.69, 9.17) is 11.6 Å². The highest BCUT2D eigenvalue weighted by molar-refractivity contribution is 7.92. The summed E-state index contributed by atoms with van der Waals surface area (Å²) in [7, 11) is -4.04. The second-order valence-electron chi connectivity index (χ2n) is 10.4. The fourth-order valence-electron chi connectivity index (χ4n) is 6.01. The number of benzene rings is 2. The normalized spacial score (nSPS) is 25.3. The Morgan fingerprint density at radius 3 is 2.41 bits per heavy atom. The van der Waals surface area contributed by atoms with Crippen molar-refractivity contribution in [2.24, 2.45) is 11.8 Å². The Morgan fingerprint density at radius 1 is 1.08 bits per heavy atom. The summed E-state index contributed by atoms with van der Waals surface area (Å²) in [5.41, 5.74) is -0.308. The monoisotopic (exact) mass is 576 g/mol. The van der Waals surface area contributed by atoms with Crippen molar-refractivity contribution in [1.29, 1.82) is 0 Å². The zero-order chi connectivity index (χ0) is 28.1. The fraction of sp³-hybridized carbons (Fsp3) is 0.357. The van der Waals surface area contributed by atoms with Crippen LogP contribution in [-0.4, -0.2) is 40.4 Å². The van der Waals surface area contributed by atoms with Gasteiger partial charge in [0.25, 0.3) is 5.91 Å². The van der Waals surface area contributed by atoms with Crippen LogP contribution in [0.25, 0.3) is 0 Å². The lowest BCUT2D eigenvalue weighted by molar-refractivity contribution is -0.145. The number of aromatic nitrogens is 1. The summed E-state index contributed by atoms with van der Waals surface area (Å²) >= 11 is 6.29. The molecule has 5 atom stereocenters. The molecule has 2 fully saturated rings. The number of aliphatic hydroxyl groups excluding tert-OH is 1. The smallest absolute Gasteiger partial charge is 0.255 e. The first-order chi connectivity index (χ1) is 18.4. The summed E-state index contributed by atoms with van der Waals surface area (Å²) in [6.45, 7) is 1.86. The molecule has 3 N–H and O–H groups in total. The molecule has 3 aromatic rings. The molecule has 2 aromatic carbocycles. The van der Waals surface area contributed by atoms with E-state index in [9.17, 15) is 32.2 Å². The zero-order valence-electron chi connectivity index (χ0n) is 20.9. The number of pyridine rings is 1. The third-order valence-corrected chi connectivity index (χ3v) is 10.7. The van der Waals surface area contributed by atoms with Crippen molar-refractivity contribution in [2.75, 3.05) is 5.32 Å². The maximum atomic E-state index is 13.8. The first kappa shape index (κ1) is 27.6. The van der Waals surface area contributed by atoms with Crippen molar-refractivity contribution in [1.82, 2.24) is 4.98 Å². The topological polar surface area (TPSA) is 117 Å². The molecule has 0 spiro atoms. The number of carbonyl (C=O) groups is 1. The Kier molecular flexibility index (Phi) is 7.26. The number of hydrogen-bond donors (Lipinski definition) is 3. The predicted octanol–water partition coefficient (Wildman–Crippen LogP) is 5.00. The molecule has 0 radical (unpaired) electrons. The molecule has 1 heterocycles. The molecule has 2 bridgehead atoms. The number of hydrogen-bond acceptors (Lipinski definition) is 6. The number of aliphatic hydroxyl groups is 2. The standard InChI is InChI=1S/C28H27ClF2N2O5S/c1-15-8-9-32-24(10-15)26(34)28(36)17-3-4-18(28)13-20(12-17)39(37,38)25-11-16(2-6-21(25)29)27(35)33-19-5-7-22(30)23(31)14-19/h2,5-11,14,17-18,20,26,34,36H,3-4,12-13H2,1H3,(H,33,35)/t17-,18?,20?,26-,28?/m0/s1. The number of aryl methyl sites for hydroxylation is 1. The first-order valence-corrected chi connectivity index (χ1v) is 14.5. The Hall–Kier alpha value is -2.92. The molecule has 2 aliphatic carbocycles. The maximum Gasteiger partial charge on any atom is 0.255 e. The van der Waals surface area contributed by atoms with Crippen LogP contribution >= 0.6 is 11.6 Å². The van der Waals surface area contributed by atoms with E-state index in [1.165, 1.54) is 24.3 Å². The van der Waals surface area contributed by atoms with Gasteiger partial charge in [0.15, 0.2) is 21.5 Å². The number of anilines is 1. The number of nitrogens with one attached hydrogen (secondary N) is 1. The first-order valence-electron chi connectivity index (χ1n) is 12.5. The maximum absolute atomic E-state index is 13.8. The van der Waals surface area contributed by atoms with Crippen LogP contribution in [0.5, 0.6) is 0 Å². The lowest BCUT2D eigenvalue weighted by atomic mass is 9.70. The molecular formula is C28H27ClF2N2O5S. The van der Waals surface area contributed by atoms with E-state index in [1.807, 2.05) is 6.92 Å². The third-order valence-electron chi connectivity index (χ3n) is 8.04. The van der Waals surface area contributed by atoms with Crippen molar-refractivity contribution in [2.45, 2.75) is 54.5 Å². The van der Waals surface area contributed by atoms with Gasteiger partial charge in [-0.05, 0) is 92.5 Å². The van der Waals surface area contributed by atoms with E-state index < -0.39 is 56.2 Å². The predicted molar refractivity (Wildman–Crippen MR) is 141 cm³/mol. The second kappa shape index (κ2) is 10.2. The van der Waals surface area contributed by atoms with Gasteiger partial charge < -0.3 is 15.5 Å². The van der Waals surface area contributed by atoms with Gasteiger partial charge in [0.05, 0.1) is 20.9 Å². The molecule has 3 unspecified atom stereocenters. The number of halogens is 3. The van der Waals surface area contributed by atoms with Gasteiger partial charge in [0.2, 0.25) is 0 Å². The van der Waals surface area contributed by atoms with Gasteiger partial charge in [-0.1, -0.05) is 11.6 Å². The van der Waals surface area contributed by atoms with E-state index in [-0.39, 0.29) is 34.0 Å². The molecule has 2 aliphatic rings. The lowest BCUT2D eigenvalue weighted by Crippen LogP contribution is -2.52. The fourth-order valence-corrected chi connectivity index (χ4v) is 8.41. The summed E-state index contributed by atoms with van der Waals surface area (Å²) in [6.07, 6.45) is 1.64. The average molecular weight is 577 g/mol. The summed E-state index contributed by atoms with van der Waals surface area (Å²) < 4.78 is 54.3. The highest BCUT2D eigenvalue weighted by Crippen LogP contribution is 2.56. The number of rotatable bonds is 6. The van der Waals surface area contributed by atoms with Crippen molar-refractivity contribution in [3.8, 4) is 0 Å². The molecule has 2 saturated carbocycles. The molecular weight excluding hydrogens is 550 g/mol. The van der Waals surface area contributed by atoms with Crippen molar-refractivity contribution in [3.05, 3.63) is 88.2 Å². The Labute approximate surface area is 229 Å². The van der Waals surface area contributed by atoms with E-state index in [1.54, 1.807) is 18.3 Å². The van der Waals surface area contributed by atoms with Gasteiger partial charge in [-0.2, -0.15) is 0 Å². The van der Waals surface area contributed by atoms with E-state index in [0.29, 0.717) is 18.5 Å². The van der Waals surface area contributed by atoms with Crippen molar-refractivity contribution < 1.29 is 32.2 Å². The van der Waals surface area contributed by atoms with Crippen molar-refractivity contribution >= 4 is 33.0 Å². The largest absolute Gasteiger partial charge is 0.386 e. The van der Waals surface area contributed by atoms with Gasteiger partial charge in [-0.25, -0.2) is 17.2 Å². The summed E-state index contributed by atoms with van der Waals surface area (Å²) in [5.74, 6) is -3.88. The highest BCUT2D eigenvalue weighted by Gasteiger charge is 2.59. The van der Waals surface area contributed by atoms with Gasteiger partial charge in [-0.3, -0.25) is 9.78 Å². The van der Waals surface area contributed by atoms with Gasteiger partial charge in [-0.15, -0.1) is 0 Å². The van der Waals surface area contributed by atoms with Crippen LogP contribution in [-0.2, 0) is 9.84 Å². The van der Waals surface area contributed by atoms with Gasteiger partial charge in [0.1, 0.15) is 11.7 Å². The van der Waals surface area contributed by atoms with Crippen LogP contribution in [0.2, 0.25) is 5.02 Å². The molecule has 1 amide bonds. The van der Waals surface area contributed by atoms with Crippen LogP contribution in [0.15, 0.2) is 59.6 Å². The number of carbonyl (C=O) groups excluding carboxylic acids is 1. The molecule has 0 aliphatic heterocycles. The Morgan fingerprint density at radius 2 is 1.77 bits per heavy atom. The number of fused-ring (bicyclic) bond motifs is 2. The highest BCUT2D eigenvalue weighted by atomic mass is 35.5. The van der Waals surface area contributed by atoms with Crippen molar-refractivity contribution in [3.63, 3.8) is 0 Å². The van der Waals surface area contributed by atoms with Gasteiger partial charge >= 0.3 is 0 Å². The Bertz CT molecular complexity index is 1540. The minimum atomic E-state index is -4.04. The van der Waals surface area contributed by atoms with Crippen LogP contribution in [0.4, 0.5) is 14.5 Å². The van der Waals surface area contributed by atoms with Crippen LogP contribution in [0.1, 0.15) is 53.4 Å². The lowest BCUT2D eigenvalue weighted by Gasteiger charge is -2.45. The molecule has 5 rings (SSSR count). The Balaban J connectivity index is 1.39. The number of sulfone groups is 1. The van der Waals surface area contributed by atoms with E-state index >= 15 is 0 Å². The van der Waals surface area contributed by atoms with Crippen LogP contribution < -0.4 is 5.32 Å². The summed E-state index contributed by atoms with van der Waals surface area (Å²) in [5, 5.41) is 24.3. The second-order valence-corrected chi connectivity index (χ2v) is 13.0. The van der Waals surface area contributed by atoms with E-state index in [2.05, 4.69) is 10.3 Å². The summed E-state index contributed by atoms with van der Waals surface area (Å²) in [4.78, 5) is 16.8. The molecule has 7 nitrogen and oxygen atoms in total. The van der Waals surface area contributed by atoms with Crippen LogP contribution in [0.3, 0.4) is 0 Å². The average Bonchev–Trinajstić information content (AvgIpc) is 3.05. The number of amides is 1. The molecule has 206 valence electrons. The zero-order valence-corrected chi connectivity index (χ0v) is 22.5. The quantitative estimate of drug-likeness (QED) is 0.380. The minimum absolute atomic E-state index is 0.00283. The summed E-state index contributed by atoms with van der Waals surface area (Å²) in [6, 6.07) is 10.2. The number of nitrogens with zero attached hydrogens (tertiary/aromatic N) is 1.